The molecule has 3 unspecified atom stereocenters. The van der Waals surface area contributed by atoms with Crippen molar-refractivity contribution >= 4 is 5.97 Å². The Kier molecular flexibility index (Phi) is 3.29. The van der Waals surface area contributed by atoms with Crippen LogP contribution in [0.5, 0.6) is 0 Å². The minimum absolute atomic E-state index is 0.121. The lowest BCUT2D eigenvalue weighted by Gasteiger charge is -2.37. The van der Waals surface area contributed by atoms with Crippen LogP contribution in [-0.2, 0) is 11.3 Å². The van der Waals surface area contributed by atoms with E-state index < -0.39 is 11.9 Å². The van der Waals surface area contributed by atoms with Gasteiger partial charge in [-0.1, -0.05) is 24.3 Å². The molecule has 0 aromatic heterocycles. The maximum absolute atomic E-state index is 11.5. The molecule has 19 heavy (non-hydrogen) atoms. The predicted octanol–water partition coefficient (Wildman–Crippen LogP) is 1.58. The summed E-state index contributed by atoms with van der Waals surface area (Å²) in [5.41, 5.74) is 2.01. The van der Waals surface area contributed by atoms with Crippen molar-refractivity contribution in [3.63, 3.8) is 0 Å². The van der Waals surface area contributed by atoms with Crippen LogP contribution in [0.1, 0.15) is 36.3 Å². The zero-order valence-electron chi connectivity index (χ0n) is 10.8. The van der Waals surface area contributed by atoms with Gasteiger partial charge in [0, 0.05) is 19.1 Å². The first kappa shape index (κ1) is 12.6. The normalized spacial score (nSPS) is 31.1. The highest BCUT2D eigenvalue weighted by Gasteiger charge is 2.37. The molecule has 3 atom stereocenters. The number of benzene rings is 1. The van der Waals surface area contributed by atoms with Crippen LogP contribution in [-0.4, -0.2) is 39.8 Å². The number of carbonyl (C=O) groups is 1. The Hall–Kier alpha value is -1.39. The molecular formula is C15H19NO3. The fourth-order valence-electron chi connectivity index (χ4n) is 3.44. The molecule has 1 aromatic rings. The summed E-state index contributed by atoms with van der Waals surface area (Å²) in [6, 6.07) is 7.88. The maximum atomic E-state index is 11.5. The first-order valence-corrected chi connectivity index (χ1v) is 6.89. The number of aliphatic carboxylic acids is 1. The van der Waals surface area contributed by atoms with Gasteiger partial charge in [0.25, 0.3) is 0 Å². The van der Waals surface area contributed by atoms with Crippen LogP contribution < -0.4 is 0 Å². The number of aliphatic hydroxyl groups is 1. The van der Waals surface area contributed by atoms with E-state index in [0.717, 1.165) is 36.9 Å². The Balaban J connectivity index is 1.90. The zero-order chi connectivity index (χ0) is 13.4. The van der Waals surface area contributed by atoms with E-state index in [1.165, 1.54) is 0 Å². The van der Waals surface area contributed by atoms with E-state index in [0.29, 0.717) is 6.54 Å². The van der Waals surface area contributed by atoms with Crippen LogP contribution in [0, 0.1) is 0 Å². The summed E-state index contributed by atoms with van der Waals surface area (Å²) >= 11 is 0. The summed E-state index contributed by atoms with van der Waals surface area (Å²) in [7, 11) is 0. The Labute approximate surface area is 112 Å². The van der Waals surface area contributed by atoms with Gasteiger partial charge in [0.15, 0.2) is 0 Å². The monoisotopic (exact) mass is 261 g/mol. The molecule has 1 aromatic carbocycles. The van der Waals surface area contributed by atoms with Crippen molar-refractivity contribution < 1.29 is 15.0 Å². The summed E-state index contributed by atoms with van der Waals surface area (Å²) in [6.07, 6.45) is 2.53. The lowest BCUT2D eigenvalue weighted by atomic mass is 9.88. The first-order valence-electron chi connectivity index (χ1n) is 6.89. The van der Waals surface area contributed by atoms with E-state index in [-0.39, 0.29) is 12.1 Å². The molecule has 2 aliphatic rings. The van der Waals surface area contributed by atoms with Gasteiger partial charge in [0.05, 0.1) is 12.0 Å². The van der Waals surface area contributed by atoms with Crippen molar-refractivity contribution in [3.8, 4) is 0 Å². The van der Waals surface area contributed by atoms with E-state index in [1.807, 2.05) is 24.3 Å². The molecule has 1 heterocycles. The SMILES string of the molecule is O=C(O)C1CN(C2CCCC2O)Cc2ccccc21. The van der Waals surface area contributed by atoms with Crippen molar-refractivity contribution in [2.75, 3.05) is 6.54 Å². The fraction of sp³-hybridized carbons (Fsp3) is 0.533. The summed E-state index contributed by atoms with van der Waals surface area (Å²) in [4.78, 5) is 13.6. The van der Waals surface area contributed by atoms with Crippen LogP contribution in [0.25, 0.3) is 0 Å². The lowest BCUT2D eigenvalue weighted by Crippen LogP contribution is -2.46. The summed E-state index contributed by atoms with van der Waals surface area (Å²) < 4.78 is 0. The van der Waals surface area contributed by atoms with E-state index in [2.05, 4.69) is 4.90 Å². The van der Waals surface area contributed by atoms with Crippen molar-refractivity contribution in [1.82, 2.24) is 4.90 Å². The molecule has 4 nitrogen and oxygen atoms in total. The molecule has 3 rings (SSSR count). The molecule has 1 aliphatic carbocycles. The van der Waals surface area contributed by atoms with Crippen LogP contribution in [0.4, 0.5) is 0 Å². The largest absolute Gasteiger partial charge is 0.481 e. The molecule has 0 saturated heterocycles. The number of carboxylic acid groups (broad SMARTS) is 1. The molecular weight excluding hydrogens is 242 g/mol. The van der Waals surface area contributed by atoms with E-state index >= 15 is 0 Å². The van der Waals surface area contributed by atoms with Gasteiger partial charge >= 0.3 is 5.97 Å². The topological polar surface area (TPSA) is 60.8 Å². The zero-order valence-corrected chi connectivity index (χ0v) is 10.8. The molecule has 1 fully saturated rings. The predicted molar refractivity (Wildman–Crippen MR) is 70.9 cm³/mol. The summed E-state index contributed by atoms with van der Waals surface area (Å²) in [5, 5.41) is 19.4. The number of fused-ring (bicyclic) bond motifs is 1. The first-order chi connectivity index (χ1) is 9.16. The molecule has 0 amide bonds. The number of nitrogens with zero attached hydrogens (tertiary/aromatic N) is 1. The average Bonchev–Trinajstić information content (AvgIpc) is 2.83. The summed E-state index contributed by atoms with van der Waals surface area (Å²) in [5.74, 6) is -1.25. The highest BCUT2D eigenvalue weighted by molar-refractivity contribution is 5.77. The van der Waals surface area contributed by atoms with Crippen molar-refractivity contribution in [3.05, 3.63) is 35.4 Å². The molecule has 4 heteroatoms. The second kappa shape index (κ2) is 4.94. The van der Waals surface area contributed by atoms with Crippen molar-refractivity contribution in [2.24, 2.45) is 0 Å². The molecule has 0 bridgehead atoms. The van der Waals surface area contributed by atoms with Gasteiger partial charge in [0.2, 0.25) is 0 Å². The third-order valence-corrected chi connectivity index (χ3v) is 4.43. The Morgan fingerprint density at radius 2 is 2.05 bits per heavy atom. The van der Waals surface area contributed by atoms with Gasteiger partial charge in [-0.05, 0) is 30.4 Å². The van der Waals surface area contributed by atoms with Crippen LogP contribution >= 0.6 is 0 Å². The third kappa shape index (κ3) is 2.26. The molecule has 1 saturated carbocycles. The van der Waals surface area contributed by atoms with E-state index in [4.69, 9.17) is 0 Å². The molecule has 102 valence electrons. The number of rotatable bonds is 2. The third-order valence-electron chi connectivity index (χ3n) is 4.43. The average molecular weight is 261 g/mol. The standard InChI is InChI=1S/C15H19NO3/c17-14-7-3-6-13(14)16-8-10-4-1-2-5-11(10)12(9-16)15(18)19/h1-2,4-5,12-14,17H,3,6-9H2,(H,18,19). The molecule has 1 aliphatic heterocycles. The summed E-state index contributed by atoms with van der Waals surface area (Å²) in [6.45, 7) is 1.26. The van der Waals surface area contributed by atoms with Gasteiger partial charge in [-0.2, -0.15) is 0 Å². The van der Waals surface area contributed by atoms with Crippen molar-refractivity contribution in [2.45, 2.75) is 43.9 Å². The second-order valence-electron chi connectivity index (χ2n) is 5.58. The van der Waals surface area contributed by atoms with Crippen molar-refractivity contribution in [1.29, 1.82) is 0 Å². The highest BCUT2D eigenvalue weighted by atomic mass is 16.4. The van der Waals surface area contributed by atoms with Crippen LogP contribution in [0.15, 0.2) is 24.3 Å². The van der Waals surface area contributed by atoms with Gasteiger partial charge in [-0.15, -0.1) is 0 Å². The van der Waals surface area contributed by atoms with E-state index in [1.54, 1.807) is 0 Å². The van der Waals surface area contributed by atoms with Crippen LogP contribution in [0.2, 0.25) is 0 Å². The molecule has 2 N–H and O–H groups in total. The number of hydrogen-bond acceptors (Lipinski definition) is 3. The number of aliphatic hydroxyl groups excluding tert-OH is 1. The van der Waals surface area contributed by atoms with Gasteiger partial charge in [-0.25, -0.2) is 0 Å². The minimum atomic E-state index is -0.773. The number of hydrogen-bond donors (Lipinski definition) is 2. The Morgan fingerprint density at radius 1 is 1.26 bits per heavy atom. The smallest absolute Gasteiger partial charge is 0.312 e. The molecule has 0 radical (unpaired) electrons. The van der Waals surface area contributed by atoms with E-state index in [9.17, 15) is 15.0 Å². The van der Waals surface area contributed by atoms with Gasteiger partial charge < -0.3 is 10.2 Å². The molecule has 0 spiro atoms. The lowest BCUT2D eigenvalue weighted by molar-refractivity contribution is -0.140. The number of carboxylic acids is 1. The van der Waals surface area contributed by atoms with Gasteiger partial charge in [-0.3, -0.25) is 9.69 Å². The quantitative estimate of drug-likeness (QED) is 0.848. The fourth-order valence-corrected chi connectivity index (χ4v) is 3.44. The van der Waals surface area contributed by atoms with Gasteiger partial charge in [0.1, 0.15) is 0 Å². The second-order valence-corrected chi connectivity index (χ2v) is 5.58. The Bertz CT molecular complexity index is 488. The Morgan fingerprint density at radius 3 is 2.74 bits per heavy atom. The maximum Gasteiger partial charge on any atom is 0.312 e. The highest BCUT2D eigenvalue weighted by Crippen LogP contribution is 2.33. The van der Waals surface area contributed by atoms with Crippen LogP contribution in [0.3, 0.4) is 0 Å². The minimum Gasteiger partial charge on any atom is -0.481 e.